The first-order chi connectivity index (χ1) is 56.7. The number of hydrogen-bond donors (Lipinski definition) is 0. The van der Waals surface area contributed by atoms with E-state index in [-0.39, 0.29) is 404 Å². The van der Waals surface area contributed by atoms with Gasteiger partial charge in [-0.1, -0.05) is 357 Å². The second-order valence-electron chi connectivity index (χ2n) is 32.5. The number of rotatable bonds is 20. The van der Waals surface area contributed by atoms with Gasteiger partial charge in [-0.2, -0.15) is 167 Å². The molecule has 3 aromatic rings. The monoisotopic (exact) mass is 2820 g/mol. The summed E-state index contributed by atoms with van der Waals surface area (Å²) in [6.45, 7) is 94.6. The molecule has 3 aliphatic rings. The zero-order valence-corrected chi connectivity index (χ0v) is 131. The van der Waals surface area contributed by atoms with Crippen molar-refractivity contribution in [1.29, 1.82) is 10.5 Å². The van der Waals surface area contributed by atoms with E-state index in [9.17, 15) is 0 Å². The molecule has 0 amide bonds. The van der Waals surface area contributed by atoms with Crippen molar-refractivity contribution < 1.29 is 397 Å². The van der Waals surface area contributed by atoms with Crippen LogP contribution in [-0.4, -0.2) is 6.61 Å². The number of fused-ring (bicyclic) bond motifs is 3. The van der Waals surface area contributed by atoms with E-state index >= 15 is 0 Å². The molecular formula is C112H180N2OP6Y12-12. The van der Waals surface area contributed by atoms with Crippen molar-refractivity contribution in [2.45, 2.75) is 303 Å². The van der Waals surface area contributed by atoms with Crippen LogP contribution in [0.3, 0.4) is 0 Å². The van der Waals surface area contributed by atoms with Gasteiger partial charge in [0.25, 0.3) is 0 Å². The van der Waals surface area contributed by atoms with Gasteiger partial charge < -0.3 is 34.3 Å². The fourth-order valence-electron chi connectivity index (χ4n) is 10.1. The third-order valence-corrected chi connectivity index (χ3v) is 25.5. The topological polar surface area (TPSA) is 56.8 Å². The van der Waals surface area contributed by atoms with Crippen molar-refractivity contribution >= 4 is 67.6 Å². The summed E-state index contributed by atoms with van der Waals surface area (Å²) in [6.07, 6.45) is 28.3. The van der Waals surface area contributed by atoms with Gasteiger partial charge in [-0.3, -0.25) is 23.7 Å². The minimum Gasteiger partial charge on any atom is -0.555 e. The number of nitriles is 2. The number of ether oxygens (including phenoxy) is 1. The second-order valence-corrected chi connectivity index (χ2v) is 36.3. The molecule has 12 unspecified atom stereocenters. The van der Waals surface area contributed by atoms with Gasteiger partial charge in [-0.15, -0.1) is 9.24 Å². The number of nitrogens with zero attached hydrogens (tertiary/aromatic N) is 2. The molecule has 0 saturated heterocycles. The number of allylic oxidation sites excluding steroid dienone is 14. The van der Waals surface area contributed by atoms with Crippen molar-refractivity contribution in [3.63, 3.8) is 0 Å². The van der Waals surface area contributed by atoms with Gasteiger partial charge in [0, 0.05) is 411 Å². The SMILES string of the molecule is C/C=C/c1ccc(/C=C/C)cc1.CC(C)CCCC12CC[C-](CC1)CC2.CC(C)c1ccccc1.[CH2-]/C(C)=C(\P)C(C)C.[CH2-]/C(C)=C(\P)C(C)C#N.[CH2-]/C(C)=C(\P)C(C)C(C)/C(P)=C(\C)CC.[CH2-]/C(C)=C(\P)C(C)CC.[CH2-]/C(C)=C(\P)CC.[CH2-]C#CC(C)C.[CH2-]C#CC(C)C#N.[CH2-]C#CC(C)CC.[CH2-]C#CCC.[CH2-]OCCC(C)C.[Y].[Y].[Y].[Y].[Y].[Y].[Y].[Y].[Y].[Y].[Y].[Y].[c-]1ccccc1. The minimum absolute atomic E-state index is 0. The minimum atomic E-state index is -0.169. The molecule has 3 aromatic carbocycles. The summed E-state index contributed by atoms with van der Waals surface area (Å²) < 4.78 is 4.60. The zero-order chi connectivity index (χ0) is 95.6. The molecular weight excluding hydrogens is 2640 g/mol. The fraction of sp³-hybridized carbons (Fsp3) is 0.509. The van der Waals surface area contributed by atoms with Gasteiger partial charge in [-0.25, -0.2) is 69.6 Å². The third kappa shape index (κ3) is 132. The third-order valence-electron chi connectivity index (χ3n) is 19.3. The average Bonchev–Trinajstić information content (AvgIpc) is 0.803. The second kappa shape index (κ2) is 135. The van der Waals surface area contributed by atoms with E-state index < -0.39 is 0 Å². The van der Waals surface area contributed by atoms with Crippen LogP contribution >= 0.6 is 55.4 Å². The predicted octanol–water partition coefficient (Wildman–Crippen LogP) is 35.1. The molecule has 0 aromatic heterocycles. The van der Waals surface area contributed by atoms with Gasteiger partial charge in [0.15, 0.2) is 0 Å². The Kier molecular flexibility index (Phi) is 195. The van der Waals surface area contributed by atoms with Gasteiger partial charge in [0.1, 0.15) is 0 Å². The molecule has 133 heavy (non-hydrogen) atoms. The molecule has 0 spiro atoms. The largest absolute Gasteiger partial charge is 0.555 e. The molecule has 722 valence electrons. The van der Waals surface area contributed by atoms with Gasteiger partial charge in [-0.05, 0) is 85.8 Å². The quantitative estimate of drug-likeness (QED) is 0.0643. The molecule has 2 bridgehead atoms. The average molecular weight is 2820 g/mol. The first-order valence-corrected chi connectivity index (χ1v) is 47.4. The summed E-state index contributed by atoms with van der Waals surface area (Å²) in [5, 5.41) is 24.3. The van der Waals surface area contributed by atoms with E-state index in [0.717, 1.165) is 66.8 Å². The summed E-state index contributed by atoms with van der Waals surface area (Å²) in [5.74, 6) is 28.6. The Hall–Kier alpha value is 7.42. The molecule has 3 nitrogen and oxygen atoms in total. The standard InChI is InChI=1S/C14H25.C13H25P2.C12H14.C9H12.C8H16P.C7H11NP.C7H14P.C7H11.C6H6N.C6H13O.C6H12P.C6H5.C6H9.C5H7.12Y/c1-12(2)4-3-8-14-9-5-13(6-10-14)7-11-14;1-7-9(4)13(15)11(6)10(5)12(14)8(2)3;1-3-5-11-7-9-12(6-4-2)10-8-11;1-8(2)9-6-4-3-5-7-9;1-5-7(4)8(9)6(2)3;1-5(2)7(9)6(3)4-8;1-5(2)7(8)6(3)4;1-4-6-7(3)5-2;1-3-4-6(2)5-7;1-6(2)4-5-7-3;1-4-6(7)5(2)3;1-2-4-6-5-3-1;1-4-5-6(2)3;1-3-5-4-2;;;;;;;;;;;;/h12H,3-11H2,1-2H3;10-11H,2,7,14-15H2,1,3-6H3;3-10H,1-2H3;3-8H,1-2H3;7H,2,5,9H2,1,3-4H3;6H,1,9H2,2-3H3;6H,1,8H2,2-4H3;7H,1,5H2,2-3H3;6H,1H2,2H3;6H,3-5H2,1-2H3;2,4,7H2,1,3H3;1-5H;6H,1H2,2-3H3;1,4H2,2H3;;;;;;;;;;;;/q2*-1;;;10*-1;;;;;;;;;;;;/b;12-8+,13-9-;5-3+,6-4+;;8-6+;2*7-5+;;;;6-5+;;;;;;;;;;;;;;;. The Labute approximate surface area is 1150 Å². The van der Waals surface area contributed by atoms with Crippen molar-refractivity contribution in [1.82, 2.24) is 0 Å². The summed E-state index contributed by atoms with van der Waals surface area (Å²) in [4.78, 5) is 0. The smallest absolute Gasteiger partial charge is 0.0573 e. The maximum absolute atomic E-state index is 8.43. The molecule has 3 fully saturated rings. The van der Waals surface area contributed by atoms with Crippen molar-refractivity contribution in [2.24, 2.45) is 64.6 Å². The molecule has 3 saturated carbocycles. The van der Waals surface area contributed by atoms with Crippen LogP contribution in [0.4, 0.5) is 0 Å². The van der Waals surface area contributed by atoms with Crippen LogP contribution in [0.5, 0.6) is 0 Å². The van der Waals surface area contributed by atoms with E-state index in [1.165, 1.54) is 135 Å². The first-order valence-electron chi connectivity index (χ1n) is 43.9. The Morgan fingerprint density at radius 3 is 1.05 bits per heavy atom. The molecule has 21 heteroatoms. The van der Waals surface area contributed by atoms with Crippen LogP contribution in [0, 0.1) is 216 Å². The Morgan fingerprint density at radius 1 is 0.474 bits per heavy atom. The Balaban J connectivity index is -0.0000000536. The number of hydrogen-bond acceptors (Lipinski definition) is 3. The van der Waals surface area contributed by atoms with E-state index in [4.69, 9.17) is 10.5 Å². The van der Waals surface area contributed by atoms with E-state index in [2.05, 4.69) is 381 Å². The van der Waals surface area contributed by atoms with Gasteiger partial charge in [0.05, 0.1) is 12.1 Å². The van der Waals surface area contributed by atoms with E-state index in [1.807, 2.05) is 123 Å². The molecule has 3 aliphatic carbocycles. The van der Waals surface area contributed by atoms with Crippen LogP contribution in [0.15, 0.2) is 162 Å². The van der Waals surface area contributed by atoms with Crippen molar-refractivity contribution in [2.75, 3.05) is 6.61 Å². The van der Waals surface area contributed by atoms with Crippen LogP contribution in [0.2, 0.25) is 0 Å². The van der Waals surface area contributed by atoms with E-state index in [0.29, 0.717) is 41.4 Å². The maximum atomic E-state index is 8.43. The predicted molar refractivity (Wildman–Crippen MR) is 576 cm³/mol. The molecule has 12 radical (unpaired) electrons. The summed E-state index contributed by atoms with van der Waals surface area (Å²) >= 11 is 0. The molecule has 0 aliphatic heterocycles. The van der Waals surface area contributed by atoms with Gasteiger partial charge >= 0.3 is 0 Å². The molecule has 0 heterocycles. The molecule has 0 N–H and O–H groups in total. The Morgan fingerprint density at radius 2 is 0.865 bits per heavy atom. The summed E-state index contributed by atoms with van der Waals surface area (Å²) in [6, 6.07) is 35.6. The van der Waals surface area contributed by atoms with Crippen LogP contribution in [0.25, 0.3) is 12.2 Å². The van der Waals surface area contributed by atoms with E-state index in [1.54, 1.807) is 6.92 Å². The number of benzene rings is 3. The Bertz CT molecular complexity index is 3560. The van der Waals surface area contributed by atoms with Crippen LogP contribution in [-0.2, 0) is 397 Å². The fourth-order valence-corrected chi connectivity index (χ4v) is 11.2. The van der Waals surface area contributed by atoms with Crippen molar-refractivity contribution in [3.8, 4) is 59.5 Å². The van der Waals surface area contributed by atoms with Crippen molar-refractivity contribution in [3.05, 3.63) is 261 Å². The van der Waals surface area contributed by atoms with Crippen LogP contribution in [0.1, 0.15) is 320 Å². The molecule has 12 atom stereocenters. The zero-order valence-electron chi connectivity index (χ0n) is 89.8. The normalized spacial score (nSPS) is 13.0. The van der Waals surface area contributed by atoms with Gasteiger partial charge in [0.2, 0.25) is 0 Å². The van der Waals surface area contributed by atoms with Crippen LogP contribution < -0.4 is 0 Å². The summed E-state index contributed by atoms with van der Waals surface area (Å²) in [5.41, 5.74) is 11.9. The molecule has 6 rings (SSSR count). The first kappa shape index (κ1) is 191. The maximum Gasteiger partial charge on any atom is 0.0573 e. The summed E-state index contributed by atoms with van der Waals surface area (Å²) in [7, 11) is 19.7.